The maximum absolute atomic E-state index is 11.3. The Kier molecular flexibility index (Phi) is 4.70. The van der Waals surface area contributed by atoms with Crippen LogP contribution in [-0.2, 0) is 6.42 Å². The molecule has 20 heavy (non-hydrogen) atoms. The Morgan fingerprint density at radius 2 is 2.20 bits per heavy atom. The van der Waals surface area contributed by atoms with Crippen LogP contribution in [0.15, 0.2) is 18.2 Å². The first-order valence-electron chi connectivity index (χ1n) is 6.86. The number of hydrogen-bond donors (Lipinski definition) is 1. The fraction of sp³-hybridized carbons (Fsp3) is 0.467. The van der Waals surface area contributed by atoms with E-state index in [1.165, 1.54) is 0 Å². The molecule has 1 atom stereocenters. The van der Waals surface area contributed by atoms with Crippen molar-refractivity contribution < 1.29 is 9.90 Å². The number of benzene rings is 1. The Labute approximate surface area is 123 Å². The first kappa shape index (κ1) is 14.9. The lowest BCUT2D eigenvalue weighted by Gasteiger charge is -2.19. The van der Waals surface area contributed by atoms with E-state index in [9.17, 15) is 9.90 Å². The third kappa shape index (κ3) is 2.54. The van der Waals surface area contributed by atoms with Crippen molar-refractivity contribution in [3.63, 3.8) is 0 Å². The van der Waals surface area contributed by atoms with Gasteiger partial charge in [0.05, 0.1) is 11.1 Å². The maximum Gasteiger partial charge on any atom is 0.337 e. The number of aryl methyl sites for hydroxylation is 1. The number of rotatable bonds is 6. The highest BCUT2D eigenvalue weighted by Gasteiger charge is 2.20. The van der Waals surface area contributed by atoms with Gasteiger partial charge in [0.2, 0.25) is 0 Å². The van der Waals surface area contributed by atoms with E-state index < -0.39 is 5.97 Å². The molecule has 1 unspecified atom stereocenters. The third-order valence-electron chi connectivity index (χ3n) is 3.54. The highest BCUT2D eigenvalue weighted by Crippen LogP contribution is 2.27. The fourth-order valence-electron chi connectivity index (χ4n) is 2.56. The molecule has 0 aliphatic rings. The zero-order chi connectivity index (χ0) is 14.7. The number of para-hydroxylation sites is 1. The van der Waals surface area contributed by atoms with Crippen molar-refractivity contribution in [3.05, 3.63) is 29.6 Å². The molecule has 0 saturated heterocycles. The van der Waals surface area contributed by atoms with Crippen molar-refractivity contribution in [3.8, 4) is 0 Å². The van der Waals surface area contributed by atoms with Crippen molar-refractivity contribution in [1.29, 1.82) is 0 Å². The summed E-state index contributed by atoms with van der Waals surface area (Å²) in [6.45, 7) is 4.22. The van der Waals surface area contributed by atoms with Crippen LogP contribution in [0.2, 0.25) is 0 Å². The van der Waals surface area contributed by atoms with Gasteiger partial charge in [0.1, 0.15) is 11.3 Å². The van der Waals surface area contributed by atoms with Gasteiger partial charge in [0, 0.05) is 18.2 Å². The lowest BCUT2D eigenvalue weighted by atomic mass is 10.1. The second-order valence-electron chi connectivity index (χ2n) is 4.75. The smallest absolute Gasteiger partial charge is 0.337 e. The lowest BCUT2D eigenvalue weighted by molar-refractivity contribution is 0.0699. The molecule has 1 aromatic heterocycles. The summed E-state index contributed by atoms with van der Waals surface area (Å²) in [5.41, 5.74) is 1.83. The number of nitrogens with zero attached hydrogens (tertiary/aromatic N) is 2. The van der Waals surface area contributed by atoms with E-state index >= 15 is 0 Å². The number of aromatic carboxylic acids is 1. The SMILES string of the molecule is CCc1nc2c(C(=O)O)cccc2n1C(CC)CSC. The molecule has 4 nitrogen and oxygen atoms in total. The van der Waals surface area contributed by atoms with E-state index in [1.807, 2.05) is 6.07 Å². The van der Waals surface area contributed by atoms with Gasteiger partial charge in [0.15, 0.2) is 0 Å². The molecular weight excluding hydrogens is 272 g/mol. The zero-order valence-corrected chi connectivity index (χ0v) is 12.9. The Morgan fingerprint density at radius 3 is 2.75 bits per heavy atom. The molecular formula is C15H20N2O2S. The molecule has 0 amide bonds. The highest BCUT2D eigenvalue weighted by molar-refractivity contribution is 7.98. The molecule has 0 bridgehead atoms. The number of carboxylic acid groups (broad SMARTS) is 1. The first-order valence-corrected chi connectivity index (χ1v) is 8.25. The molecule has 2 aromatic rings. The minimum Gasteiger partial charge on any atom is -0.478 e. The molecule has 2 rings (SSSR count). The average Bonchev–Trinajstić information content (AvgIpc) is 2.82. The molecule has 1 N–H and O–H groups in total. The summed E-state index contributed by atoms with van der Waals surface area (Å²) >= 11 is 1.81. The molecule has 0 fully saturated rings. The molecule has 0 saturated carbocycles. The molecule has 1 aromatic carbocycles. The Hall–Kier alpha value is -1.49. The standard InChI is InChI=1S/C15H20N2O2S/c1-4-10(9-20-3)17-12-8-6-7-11(15(18)19)14(12)16-13(17)5-2/h6-8,10H,4-5,9H2,1-3H3,(H,18,19). The molecule has 1 heterocycles. The minimum atomic E-state index is -0.916. The van der Waals surface area contributed by atoms with Crippen LogP contribution in [0.1, 0.15) is 42.5 Å². The number of aromatic nitrogens is 2. The number of carboxylic acids is 1. The van der Waals surface area contributed by atoms with Crippen LogP contribution in [0.5, 0.6) is 0 Å². The monoisotopic (exact) mass is 292 g/mol. The van der Waals surface area contributed by atoms with Crippen molar-refractivity contribution in [1.82, 2.24) is 9.55 Å². The first-order chi connectivity index (χ1) is 9.63. The van der Waals surface area contributed by atoms with Crippen LogP contribution < -0.4 is 0 Å². The van der Waals surface area contributed by atoms with Crippen molar-refractivity contribution in [2.24, 2.45) is 0 Å². The second-order valence-corrected chi connectivity index (χ2v) is 5.66. The van der Waals surface area contributed by atoms with E-state index in [4.69, 9.17) is 0 Å². The van der Waals surface area contributed by atoms with Gasteiger partial charge in [-0.1, -0.05) is 19.9 Å². The summed E-state index contributed by atoms with van der Waals surface area (Å²) in [5, 5.41) is 9.30. The normalized spacial score (nSPS) is 12.8. The van der Waals surface area contributed by atoms with Gasteiger partial charge in [-0.3, -0.25) is 0 Å². The Bertz CT molecular complexity index is 622. The number of thioether (sulfide) groups is 1. The number of imidazole rings is 1. The predicted molar refractivity (Wildman–Crippen MR) is 83.8 cm³/mol. The van der Waals surface area contributed by atoms with E-state index in [-0.39, 0.29) is 5.56 Å². The second kappa shape index (κ2) is 6.31. The lowest BCUT2D eigenvalue weighted by Crippen LogP contribution is -2.13. The third-order valence-corrected chi connectivity index (χ3v) is 4.25. The quantitative estimate of drug-likeness (QED) is 0.883. The predicted octanol–water partition coefficient (Wildman–Crippen LogP) is 3.61. The molecule has 0 radical (unpaired) electrons. The van der Waals surface area contributed by atoms with Crippen LogP contribution in [0.3, 0.4) is 0 Å². The molecule has 108 valence electrons. The summed E-state index contributed by atoms with van der Waals surface area (Å²) in [5.74, 6) is 1.06. The van der Waals surface area contributed by atoms with Gasteiger partial charge in [-0.05, 0) is 24.8 Å². The van der Waals surface area contributed by atoms with Crippen LogP contribution in [-0.4, -0.2) is 32.6 Å². The molecule has 5 heteroatoms. The number of hydrogen-bond acceptors (Lipinski definition) is 3. The summed E-state index contributed by atoms with van der Waals surface area (Å²) < 4.78 is 2.22. The Balaban J connectivity index is 2.69. The van der Waals surface area contributed by atoms with Gasteiger partial charge in [-0.2, -0.15) is 11.8 Å². The van der Waals surface area contributed by atoms with E-state index in [0.29, 0.717) is 11.6 Å². The average molecular weight is 292 g/mol. The Morgan fingerprint density at radius 1 is 1.45 bits per heavy atom. The molecule has 0 aliphatic carbocycles. The van der Waals surface area contributed by atoms with Gasteiger partial charge < -0.3 is 9.67 Å². The van der Waals surface area contributed by atoms with E-state index in [2.05, 4.69) is 29.7 Å². The summed E-state index contributed by atoms with van der Waals surface area (Å²) in [7, 11) is 0. The highest BCUT2D eigenvalue weighted by atomic mass is 32.2. The van der Waals surface area contributed by atoms with Gasteiger partial charge in [-0.25, -0.2) is 9.78 Å². The van der Waals surface area contributed by atoms with Crippen LogP contribution >= 0.6 is 11.8 Å². The summed E-state index contributed by atoms with van der Waals surface area (Å²) in [6, 6.07) is 5.75. The van der Waals surface area contributed by atoms with Crippen LogP contribution in [0.4, 0.5) is 0 Å². The maximum atomic E-state index is 11.3. The van der Waals surface area contributed by atoms with E-state index in [1.54, 1.807) is 23.9 Å². The van der Waals surface area contributed by atoms with Crippen molar-refractivity contribution in [2.45, 2.75) is 32.7 Å². The van der Waals surface area contributed by atoms with Crippen molar-refractivity contribution >= 4 is 28.8 Å². The minimum absolute atomic E-state index is 0.287. The zero-order valence-electron chi connectivity index (χ0n) is 12.1. The van der Waals surface area contributed by atoms with Gasteiger partial charge in [-0.15, -0.1) is 0 Å². The largest absolute Gasteiger partial charge is 0.478 e. The van der Waals surface area contributed by atoms with Gasteiger partial charge in [0.25, 0.3) is 0 Å². The number of carbonyl (C=O) groups is 1. The summed E-state index contributed by atoms with van der Waals surface area (Å²) in [4.78, 5) is 15.9. The number of fused-ring (bicyclic) bond motifs is 1. The fourth-order valence-corrected chi connectivity index (χ4v) is 3.33. The van der Waals surface area contributed by atoms with E-state index in [0.717, 1.165) is 29.9 Å². The van der Waals surface area contributed by atoms with Gasteiger partial charge >= 0.3 is 5.97 Å². The summed E-state index contributed by atoms with van der Waals surface area (Å²) in [6.07, 6.45) is 3.91. The molecule has 0 spiro atoms. The van der Waals surface area contributed by atoms with Crippen LogP contribution in [0, 0.1) is 0 Å². The molecule has 0 aliphatic heterocycles. The van der Waals surface area contributed by atoms with Crippen LogP contribution in [0.25, 0.3) is 11.0 Å². The van der Waals surface area contributed by atoms with Crippen molar-refractivity contribution in [2.75, 3.05) is 12.0 Å². The topological polar surface area (TPSA) is 55.1 Å².